The van der Waals surface area contributed by atoms with Crippen molar-refractivity contribution >= 4 is 35.3 Å². The smallest absolute Gasteiger partial charge is 0.329 e. The van der Waals surface area contributed by atoms with Crippen molar-refractivity contribution in [3.63, 3.8) is 0 Å². The van der Waals surface area contributed by atoms with Crippen molar-refractivity contribution in [3.8, 4) is 0 Å². The number of carbonyl (C=O) groups is 5. The van der Waals surface area contributed by atoms with Crippen molar-refractivity contribution in [3.05, 3.63) is 75.8 Å². The Morgan fingerprint density at radius 3 is 2.42 bits per heavy atom. The number of nitrogens with zero attached hydrogens (tertiary/aromatic N) is 3. The number of esters is 1. The van der Waals surface area contributed by atoms with Gasteiger partial charge in [-0.05, 0) is 76.6 Å². The van der Waals surface area contributed by atoms with E-state index in [9.17, 15) is 34.1 Å². The van der Waals surface area contributed by atoms with E-state index in [4.69, 9.17) is 4.74 Å². The summed E-state index contributed by atoms with van der Waals surface area (Å²) in [7, 11) is 1.47. The predicted molar refractivity (Wildman–Crippen MR) is 175 cm³/mol. The average molecular weight is 665 g/mol. The minimum atomic E-state index is -1.28. The molecular weight excluding hydrogens is 620 g/mol. The maximum atomic E-state index is 13.8. The molecule has 2 fully saturated rings. The Bertz CT molecular complexity index is 1480. The van der Waals surface area contributed by atoms with Gasteiger partial charge < -0.3 is 30.5 Å². The molecule has 3 atom stereocenters. The van der Waals surface area contributed by atoms with Crippen molar-refractivity contribution in [1.82, 2.24) is 25.8 Å². The Labute approximate surface area is 279 Å². The molecule has 0 saturated carbocycles. The summed E-state index contributed by atoms with van der Waals surface area (Å²) in [5.41, 5.74) is -0.397. The van der Waals surface area contributed by atoms with Gasteiger partial charge in [0.05, 0.1) is 11.0 Å². The molecule has 14 nitrogen and oxygen atoms in total. The van der Waals surface area contributed by atoms with Crippen molar-refractivity contribution in [2.75, 3.05) is 26.7 Å². The topological polar surface area (TPSA) is 180 Å². The van der Waals surface area contributed by atoms with E-state index in [2.05, 4.69) is 16.0 Å². The van der Waals surface area contributed by atoms with Gasteiger partial charge in [-0.25, -0.2) is 4.79 Å². The molecule has 0 spiro atoms. The monoisotopic (exact) mass is 664 g/mol. The molecule has 0 aliphatic carbocycles. The molecule has 0 radical (unpaired) electrons. The number of nitro groups is 1. The van der Waals surface area contributed by atoms with E-state index in [1.54, 1.807) is 13.8 Å². The van der Waals surface area contributed by atoms with Crippen molar-refractivity contribution in [1.29, 1.82) is 0 Å². The van der Waals surface area contributed by atoms with Gasteiger partial charge >= 0.3 is 5.97 Å². The number of amides is 4. The third-order valence-corrected chi connectivity index (χ3v) is 9.00. The first-order valence-electron chi connectivity index (χ1n) is 16.3. The second-order valence-corrected chi connectivity index (χ2v) is 12.6. The lowest BCUT2D eigenvalue weighted by molar-refractivity contribution is -0.384. The lowest BCUT2D eigenvalue weighted by atomic mass is 10.0. The number of likely N-dealkylation sites (tertiary alicyclic amines) is 1. The fraction of sp³-hybridized carbons (Fsp3) is 0.500. The van der Waals surface area contributed by atoms with E-state index in [0.29, 0.717) is 38.8 Å². The number of benzene rings is 2. The van der Waals surface area contributed by atoms with Gasteiger partial charge in [-0.1, -0.05) is 30.3 Å². The normalized spacial score (nSPS) is 18.1. The molecular formula is C34H44N6O8. The minimum absolute atomic E-state index is 0.0937. The predicted octanol–water partition coefficient (Wildman–Crippen LogP) is 2.31. The molecule has 0 aromatic heterocycles. The fourth-order valence-electron chi connectivity index (χ4n) is 5.79. The number of nitrogens with one attached hydrogen (secondary N) is 3. The van der Waals surface area contributed by atoms with Crippen molar-refractivity contribution in [2.45, 2.75) is 82.6 Å². The summed E-state index contributed by atoms with van der Waals surface area (Å²) in [5.74, 6) is -2.08. The number of ether oxygens (including phenoxy) is 1. The van der Waals surface area contributed by atoms with E-state index in [0.717, 1.165) is 12.0 Å². The van der Waals surface area contributed by atoms with E-state index >= 15 is 0 Å². The summed E-state index contributed by atoms with van der Waals surface area (Å²) in [4.78, 5) is 79.3. The Kier molecular flexibility index (Phi) is 12.2. The third kappa shape index (κ3) is 8.94. The first-order chi connectivity index (χ1) is 22.9. The number of nitro benzene ring substituents is 1. The largest absolute Gasteiger partial charge is 0.459 e. The third-order valence-electron chi connectivity index (χ3n) is 9.00. The summed E-state index contributed by atoms with van der Waals surface area (Å²) in [6.45, 7) is 4.48. The highest BCUT2D eigenvalue weighted by Crippen LogP contribution is 2.22. The number of likely N-dealkylation sites (N-methyl/N-ethyl adjacent to an activating group) is 1. The molecule has 2 aliphatic rings. The molecule has 2 saturated heterocycles. The van der Waals surface area contributed by atoms with Gasteiger partial charge in [0.25, 0.3) is 11.6 Å². The summed E-state index contributed by atoms with van der Waals surface area (Å²) in [6, 6.07) is 12.3. The van der Waals surface area contributed by atoms with Gasteiger partial charge in [0.15, 0.2) is 0 Å². The van der Waals surface area contributed by atoms with Crippen LogP contribution in [0, 0.1) is 10.1 Å². The second kappa shape index (κ2) is 16.3. The van der Waals surface area contributed by atoms with E-state index in [1.807, 2.05) is 30.3 Å². The Morgan fingerprint density at radius 1 is 1.06 bits per heavy atom. The highest BCUT2D eigenvalue weighted by Gasteiger charge is 2.40. The molecule has 2 heterocycles. The maximum Gasteiger partial charge on any atom is 0.329 e. The molecule has 48 heavy (non-hydrogen) atoms. The molecule has 4 amide bonds. The van der Waals surface area contributed by atoms with Crippen LogP contribution in [0.15, 0.2) is 54.6 Å². The number of rotatable bonds is 14. The lowest BCUT2D eigenvalue weighted by Gasteiger charge is -2.34. The van der Waals surface area contributed by atoms with E-state index < -0.39 is 46.4 Å². The van der Waals surface area contributed by atoms with E-state index in [1.165, 1.54) is 41.1 Å². The first kappa shape index (κ1) is 36.0. The zero-order chi connectivity index (χ0) is 34.8. The number of hydrogen-bond acceptors (Lipinski definition) is 9. The highest BCUT2D eigenvalue weighted by molar-refractivity contribution is 5.99. The van der Waals surface area contributed by atoms with Crippen LogP contribution in [0.25, 0.3) is 0 Å². The van der Waals surface area contributed by atoms with Gasteiger partial charge in [-0.15, -0.1) is 0 Å². The summed E-state index contributed by atoms with van der Waals surface area (Å²) in [5, 5.41) is 19.8. The van der Waals surface area contributed by atoms with Crippen LogP contribution < -0.4 is 16.0 Å². The van der Waals surface area contributed by atoms with Crippen LogP contribution in [0.5, 0.6) is 0 Å². The van der Waals surface area contributed by atoms with E-state index in [-0.39, 0.29) is 42.6 Å². The van der Waals surface area contributed by atoms with Gasteiger partial charge in [0, 0.05) is 37.8 Å². The fourth-order valence-corrected chi connectivity index (χ4v) is 5.79. The van der Waals surface area contributed by atoms with Crippen LogP contribution in [0.1, 0.15) is 68.3 Å². The minimum Gasteiger partial charge on any atom is -0.459 e. The maximum absolute atomic E-state index is 13.8. The lowest BCUT2D eigenvalue weighted by Crippen LogP contribution is -2.56. The summed E-state index contributed by atoms with van der Waals surface area (Å²) >= 11 is 0. The standard InChI is InChI=1S/C34H44N6O8/c1-34(2,38(3)30(42)24-15-17-25(18-16-24)40(46)47)33(45)36-20-8-13-27(37-29(41)26-12-7-19-35-26)31(43)39-21-9-14-28(39)32(44)48-22-23-10-5-4-6-11-23/h4-6,10-11,15-18,26-28,35H,7-9,12-14,19-22H2,1-3H3,(H,36,45)(H,37,41)/t26-,27-,28-/m0/s1. The molecule has 2 aromatic rings. The van der Waals surface area contributed by atoms with Crippen LogP contribution in [-0.2, 0) is 30.5 Å². The van der Waals surface area contributed by atoms with Crippen LogP contribution in [0.4, 0.5) is 5.69 Å². The highest BCUT2D eigenvalue weighted by atomic mass is 16.6. The Morgan fingerprint density at radius 2 is 1.77 bits per heavy atom. The van der Waals surface area contributed by atoms with Gasteiger partial charge in [-0.2, -0.15) is 0 Å². The SMILES string of the molecule is CN(C(=O)c1ccc([N+](=O)[O-])cc1)C(C)(C)C(=O)NCCC[C@H](NC(=O)[C@@H]1CCCN1)C(=O)N1CCC[C@H]1C(=O)OCc1ccccc1. The molecule has 14 heteroatoms. The number of carbonyl (C=O) groups excluding carboxylic acids is 5. The summed E-state index contributed by atoms with van der Waals surface area (Å²) < 4.78 is 5.54. The first-order valence-corrected chi connectivity index (χ1v) is 16.3. The zero-order valence-electron chi connectivity index (χ0n) is 27.6. The molecule has 0 bridgehead atoms. The molecule has 4 rings (SSSR count). The van der Waals surface area contributed by atoms with Gasteiger partial charge in [0.1, 0.15) is 24.2 Å². The van der Waals surface area contributed by atoms with Crippen LogP contribution >= 0.6 is 0 Å². The number of non-ortho nitro benzene ring substituents is 1. The molecule has 258 valence electrons. The zero-order valence-corrected chi connectivity index (χ0v) is 27.6. The average Bonchev–Trinajstić information content (AvgIpc) is 3.81. The molecule has 3 N–H and O–H groups in total. The summed E-state index contributed by atoms with van der Waals surface area (Å²) in [6.07, 6.45) is 3.12. The molecule has 2 aliphatic heterocycles. The Hall–Kier alpha value is -4.85. The molecule has 2 aromatic carbocycles. The van der Waals surface area contributed by atoms with Crippen molar-refractivity contribution in [2.24, 2.45) is 0 Å². The van der Waals surface area contributed by atoms with Gasteiger partial charge in [0.2, 0.25) is 17.7 Å². The van der Waals surface area contributed by atoms with Gasteiger partial charge in [-0.3, -0.25) is 29.3 Å². The second-order valence-electron chi connectivity index (χ2n) is 12.6. The quantitative estimate of drug-likeness (QED) is 0.118. The van der Waals surface area contributed by atoms with Crippen LogP contribution in [-0.4, -0.2) is 94.7 Å². The number of hydrogen-bond donors (Lipinski definition) is 3. The Balaban J connectivity index is 1.35. The van der Waals surface area contributed by atoms with Crippen molar-refractivity contribution < 1.29 is 33.6 Å². The molecule has 0 unspecified atom stereocenters. The van der Waals surface area contributed by atoms with Crippen LogP contribution in [0.2, 0.25) is 0 Å². The van der Waals surface area contributed by atoms with Crippen LogP contribution in [0.3, 0.4) is 0 Å².